The summed E-state index contributed by atoms with van der Waals surface area (Å²) >= 11 is 0. The van der Waals surface area contributed by atoms with Gasteiger partial charge in [-0.05, 0) is 48.6 Å². The summed E-state index contributed by atoms with van der Waals surface area (Å²) in [5, 5.41) is 6.03. The molecule has 0 aliphatic heterocycles. The van der Waals surface area contributed by atoms with Crippen molar-refractivity contribution < 1.29 is 9.59 Å². The van der Waals surface area contributed by atoms with Crippen LogP contribution in [0.2, 0.25) is 0 Å². The Labute approximate surface area is 143 Å². The van der Waals surface area contributed by atoms with Crippen molar-refractivity contribution >= 4 is 11.9 Å². The third-order valence-corrected chi connectivity index (χ3v) is 5.44. The number of nitrogens with two attached hydrogens (primary N) is 1. The predicted molar refractivity (Wildman–Crippen MR) is 93.4 cm³/mol. The fraction of sp³-hybridized carbons (Fsp3) is 0.579. The Morgan fingerprint density at radius 2 is 1.88 bits per heavy atom. The van der Waals surface area contributed by atoms with E-state index < -0.39 is 0 Å². The topological polar surface area (TPSA) is 84.2 Å². The van der Waals surface area contributed by atoms with Gasteiger partial charge < -0.3 is 16.4 Å². The summed E-state index contributed by atoms with van der Waals surface area (Å²) in [7, 11) is 0. The van der Waals surface area contributed by atoms with Crippen molar-refractivity contribution in [1.29, 1.82) is 0 Å². The number of fused-ring (bicyclic) bond motifs is 1. The van der Waals surface area contributed by atoms with Crippen LogP contribution in [0.1, 0.15) is 43.7 Å². The highest BCUT2D eigenvalue weighted by molar-refractivity contribution is 5.77. The van der Waals surface area contributed by atoms with E-state index in [-0.39, 0.29) is 29.3 Å². The Kier molecular flexibility index (Phi) is 4.78. The zero-order chi connectivity index (χ0) is 17.2. The predicted octanol–water partition coefficient (Wildman–Crippen LogP) is 2.13. The van der Waals surface area contributed by atoms with Gasteiger partial charge in [-0.15, -0.1) is 0 Å². The molecule has 0 spiro atoms. The van der Waals surface area contributed by atoms with Crippen molar-refractivity contribution in [3.8, 4) is 0 Å². The molecule has 1 saturated carbocycles. The van der Waals surface area contributed by atoms with Crippen LogP contribution in [0, 0.1) is 11.3 Å². The van der Waals surface area contributed by atoms with Gasteiger partial charge in [0.25, 0.3) is 0 Å². The zero-order valence-corrected chi connectivity index (χ0v) is 14.3. The van der Waals surface area contributed by atoms with E-state index in [4.69, 9.17) is 5.73 Å². The molecule has 0 saturated heterocycles. The van der Waals surface area contributed by atoms with Gasteiger partial charge in [-0.2, -0.15) is 0 Å². The van der Waals surface area contributed by atoms with Gasteiger partial charge in [0.1, 0.15) is 0 Å². The lowest BCUT2D eigenvalue weighted by Crippen LogP contribution is -2.48. The number of benzene rings is 1. The maximum absolute atomic E-state index is 12.2. The first kappa shape index (κ1) is 16.8. The Bertz CT molecular complexity index is 604. The highest BCUT2D eigenvalue weighted by Gasteiger charge is 2.33. The van der Waals surface area contributed by atoms with E-state index in [2.05, 4.69) is 41.8 Å². The maximum atomic E-state index is 12.2. The number of carbonyl (C=O) groups excluding carboxylic acids is 2. The summed E-state index contributed by atoms with van der Waals surface area (Å²) in [4.78, 5) is 23.6. The molecule has 2 atom stereocenters. The van der Waals surface area contributed by atoms with Crippen LogP contribution in [-0.4, -0.2) is 24.5 Å². The van der Waals surface area contributed by atoms with Crippen LogP contribution in [0.15, 0.2) is 24.3 Å². The molecule has 5 nitrogen and oxygen atoms in total. The smallest absolute Gasteiger partial charge is 0.315 e. The summed E-state index contributed by atoms with van der Waals surface area (Å²) in [6, 6.07) is 8.40. The number of carbonyl (C=O) groups is 2. The van der Waals surface area contributed by atoms with Crippen LogP contribution in [0.4, 0.5) is 4.79 Å². The maximum Gasteiger partial charge on any atom is 0.315 e. The lowest BCUT2D eigenvalue weighted by Gasteiger charge is -2.29. The van der Waals surface area contributed by atoms with E-state index in [0.717, 1.165) is 32.1 Å². The molecule has 1 aromatic rings. The van der Waals surface area contributed by atoms with Crippen molar-refractivity contribution in [3.05, 3.63) is 35.4 Å². The van der Waals surface area contributed by atoms with Gasteiger partial charge in [-0.1, -0.05) is 37.6 Å². The lowest BCUT2D eigenvalue weighted by atomic mass is 9.85. The number of primary amides is 1. The lowest BCUT2D eigenvalue weighted by molar-refractivity contribution is -0.122. The second kappa shape index (κ2) is 6.83. The zero-order valence-electron chi connectivity index (χ0n) is 14.3. The first-order valence-corrected chi connectivity index (χ1v) is 8.86. The monoisotopic (exact) mass is 329 g/mol. The standard InChI is InChI=1S/C19H27N3O2/c1-19(10-14-5-2-3-6-15(14)11-19)12-21-18(24)22-16-8-4-7-13(9-16)17(20)23/h2-3,5-6,13,16H,4,7-12H2,1H3,(H2,20,23)(H2,21,22,24)/t13-,16+/m1/s1. The van der Waals surface area contributed by atoms with Crippen molar-refractivity contribution in [3.63, 3.8) is 0 Å². The van der Waals surface area contributed by atoms with Crippen LogP contribution in [0.25, 0.3) is 0 Å². The van der Waals surface area contributed by atoms with Gasteiger partial charge in [0.05, 0.1) is 0 Å². The minimum Gasteiger partial charge on any atom is -0.369 e. The normalized spacial score (nSPS) is 24.9. The van der Waals surface area contributed by atoms with Gasteiger partial charge in [-0.3, -0.25) is 4.79 Å². The number of urea groups is 1. The molecule has 0 heterocycles. The average molecular weight is 329 g/mol. The molecule has 0 unspecified atom stereocenters. The molecule has 4 N–H and O–H groups in total. The van der Waals surface area contributed by atoms with Crippen molar-refractivity contribution in [1.82, 2.24) is 10.6 Å². The Morgan fingerprint density at radius 3 is 2.50 bits per heavy atom. The van der Waals surface area contributed by atoms with E-state index in [1.807, 2.05) is 0 Å². The fourth-order valence-corrected chi connectivity index (χ4v) is 4.12. The largest absolute Gasteiger partial charge is 0.369 e. The van der Waals surface area contributed by atoms with Crippen LogP contribution in [-0.2, 0) is 17.6 Å². The number of hydrogen-bond acceptors (Lipinski definition) is 2. The van der Waals surface area contributed by atoms with E-state index in [1.54, 1.807) is 0 Å². The van der Waals surface area contributed by atoms with Gasteiger partial charge in [0.15, 0.2) is 0 Å². The molecular weight excluding hydrogens is 302 g/mol. The molecule has 2 aliphatic rings. The van der Waals surface area contributed by atoms with Crippen LogP contribution in [0.5, 0.6) is 0 Å². The van der Waals surface area contributed by atoms with Gasteiger partial charge >= 0.3 is 6.03 Å². The highest BCUT2D eigenvalue weighted by Crippen LogP contribution is 2.35. The van der Waals surface area contributed by atoms with E-state index in [9.17, 15) is 9.59 Å². The Morgan fingerprint density at radius 1 is 1.21 bits per heavy atom. The molecule has 2 aliphatic carbocycles. The van der Waals surface area contributed by atoms with Crippen molar-refractivity contribution in [2.45, 2.75) is 51.5 Å². The van der Waals surface area contributed by atoms with Crippen molar-refractivity contribution in [2.24, 2.45) is 17.1 Å². The number of amides is 3. The van der Waals surface area contributed by atoms with Gasteiger partial charge in [-0.25, -0.2) is 4.79 Å². The molecule has 3 amide bonds. The summed E-state index contributed by atoms with van der Waals surface area (Å²) in [6.45, 7) is 2.87. The van der Waals surface area contributed by atoms with E-state index in [0.29, 0.717) is 13.0 Å². The summed E-state index contributed by atoms with van der Waals surface area (Å²) < 4.78 is 0. The van der Waals surface area contributed by atoms with Crippen LogP contribution >= 0.6 is 0 Å². The molecule has 1 fully saturated rings. The second-order valence-electron chi connectivity index (χ2n) is 7.72. The Balaban J connectivity index is 1.47. The summed E-state index contributed by atoms with van der Waals surface area (Å²) in [5.74, 6) is -0.357. The van der Waals surface area contributed by atoms with E-state index >= 15 is 0 Å². The first-order chi connectivity index (χ1) is 11.5. The van der Waals surface area contributed by atoms with Gasteiger partial charge in [0, 0.05) is 18.5 Å². The third kappa shape index (κ3) is 3.89. The molecular formula is C19H27N3O2. The molecule has 24 heavy (non-hydrogen) atoms. The summed E-state index contributed by atoms with van der Waals surface area (Å²) in [5.41, 5.74) is 8.24. The molecule has 3 rings (SSSR count). The van der Waals surface area contributed by atoms with E-state index in [1.165, 1.54) is 11.1 Å². The number of hydrogen-bond donors (Lipinski definition) is 3. The van der Waals surface area contributed by atoms with Gasteiger partial charge in [0.2, 0.25) is 5.91 Å². The minimum atomic E-state index is -0.252. The SMILES string of the molecule is CC1(CNC(=O)N[C@H]2CCC[C@@H](C(N)=O)C2)Cc2ccccc2C1. The number of rotatable bonds is 4. The minimum absolute atomic E-state index is 0.0461. The average Bonchev–Trinajstić information content (AvgIpc) is 2.90. The molecule has 1 aromatic carbocycles. The Hall–Kier alpha value is -2.04. The summed E-state index contributed by atoms with van der Waals surface area (Å²) in [6.07, 6.45) is 5.34. The second-order valence-corrected chi connectivity index (χ2v) is 7.72. The molecule has 5 heteroatoms. The fourth-order valence-electron chi connectivity index (χ4n) is 4.12. The van der Waals surface area contributed by atoms with Crippen LogP contribution < -0.4 is 16.4 Å². The quantitative estimate of drug-likeness (QED) is 0.790. The molecule has 130 valence electrons. The third-order valence-electron chi connectivity index (χ3n) is 5.44. The first-order valence-electron chi connectivity index (χ1n) is 8.86. The molecule has 0 radical (unpaired) electrons. The highest BCUT2D eigenvalue weighted by atomic mass is 16.2. The van der Waals surface area contributed by atoms with Crippen LogP contribution in [0.3, 0.4) is 0 Å². The van der Waals surface area contributed by atoms with Crippen molar-refractivity contribution in [2.75, 3.05) is 6.54 Å². The molecule has 0 bridgehead atoms. The molecule has 0 aromatic heterocycles. The number of nitrogens with one attached hydrogen (secondary N) is 2.